The van der Waals surface area contributed by atoms with Gasteiger partial charge in [0.1, 0.15) is 0 Å². The largest absolute Gasteiger partial charge is 0.487 e. The van der Waals surface area contributed by atoms with Crippen molar-refractivity contribution in [3.8, 4) is 5.75 Å². The Bertz CT molecular complexity index is 634. The first-order chi connectivity index (χ1) is 11.6. The van der Waals surface area contributed by atoms with E-state index in [-0.39, 0.29) is 42.1 Å². The van der Waals surface area contributed by atoms with Crippen LogP contribution in [0, 0.1) is 23.6 Å². The third-order valence-electron chi connectivity index (χ3n) is 6.08. The summed E-state index contributed by atoms with van der Waals surface area (Å²) >= 11 is 0. The Morgan fingerprint density at radius 2 is 1.88 bits per heavy atom. The molecular weight excluding hydrogens is 343 g/mol. The van der Waals surface area contributed by atoms with Crippen molar-refractivity contribution in [3.63, 3.8) is 0 Å². The maximum absolute atomic E-state index is 14.3. The number of halogens is 2. The van der Waals surface area contributed by atoms with E-state index in [1.54, 1.807) is 12.1 Å². The second-order valence-corrected chi connectivity index (χ2v) is 7.60. The molecule has 0 aromatic heterocycles. The Morgan fingerprint density at radius 1 is 1.16 bits per heavy atom. The molecule has 1 aromatic rings. The van der Waals surface area contributed by atoms with Crippen LogP contribution in [0.1, 0.15) is 44.9 Å². The minimum atomic E-state index is -0.419. The highest BCUT2D eigenvalue weighted by molar-refractivity contribution is 5.93. The van der Waals surface area contributed by atoms with E-state index in [0.717, 1.165) is 44.9 Å². The number of anilines is 1. The van der Waals surface area contributed by atoms with Gasteiger partial charge >= 0.3 is 0 Å². The number of ether oxygens (including phenoxy) is 1. The van der Waals surface area contributed by atoms with Crippen molar-refractivity contribution >= 4 is 24.0 Å². The fourth-order valence-electron chi connectivity index (χ4n) is 4.81. The molecule has 6 heteroatoms. The van der Waals surface area contributed by atoms with Crippen LogP contribution in [0.4, 0.5) is 10.1 Å². The molecule has 3 aliphatic rings. The zero-order valence-electron chi connectivity index (χ0n) is 14.2. The van der Waals surface area contributed by atoms with E-state index in [1.807, 2.05) is 0 Å². The molecule has 1 amide bonds. The molecule has 138 valence electrons. The molecule has 4 rings (SSSR count). The van der Waals surface area contributed by atoms with Crippen LogP contribution in [0.2, 0.25) is 0 Å². The summed E-state index contributed by atoms with van der Waals surface area (Å²) in [5.41, 5.74) is 6.69. The van der Waals surface area contributed by atoms with E-state index < -0.39 is 5.82 Å². The average Bonchev–Trinajstić information content (AvgIpc) is 3.27. The summed E-state index contributed by atoms with van der Waals surface area (Å²) in [5.74, 6) is 0.512. The molecule has 3 N–H and O–H groups in total. The number of benzene rings is 1. The molecule has 4 atom stereocenters. The van der Waals surface area contributed by atoms with E-state index in [0.29, 0.717) is 17.5 Å². The lowest BCUT2D eigenvalue weighted by Crippen LogP contribution is -2.42. The number of fused-ring (bicyclic) bond motifs is 2. The first-order valence-electron chi connectivity index (χ1n) is 9.14. The van der Waals surface area contributed by atoms with Crippen molar-refractivity contribution in [2.75, 3.05) is 5.32 Å². The van der Waals surface area contributed by atoms with Crippen molar-refractivity contribution in [1.29, 1.82) is 0 Å². The summed E-state index contributed by atoms with van der Waals surface area (Å²) in [6.07, 6.45) is 7.65. The van der Waals surface area contributed by atoms with Crippen molar-refractivity contribution in [2.24, 2.45) is 23.5 Å². The Morgan fingerprint density at radius 3 is 2.52 bits per heavy atom. The molecule has 0 radical (unpaired) electrons. The number of carbonyl (C=O) groups excluding carboxylic acids is 1. The Balaban J connectivity index is 0.00000182. The molecule has 2 bridgehead atoms. The highest BCUT2D eigenvalue weighted by Gasteiger charge is 2.49. The van der Waals surface area contributed by atoms with Gasteiger partial charge in [0.05, 0.1) is 12.0 Å². The first kappa shape index (κ1) is 18.5. The van der Waals surface area contributed by atoms with Gasteiger partial charge in [0.15, 0.2) is 11.6 Å². The molecule has 3 aliphatic carbocycles. The SMILES string of the molecule is Cl.NC1C2CCC(C2)C1C(=O)Nc1ccc(OC2CCCC2)c(F)c1. The predicted octanol–water partition coefficient (Wildman–Crippen LogP) is 3.88. The van der Waals surface area contributed by atoms with E-state index in [2.05, 4.69) is 5.32 Å². The molecule has 4 nitrogen and oxygen atoms in total. The van der Waals surface area contributed by atoms with Gasteiger partial charge in [0.2, 0.25) is 5.91 Å². The topological polar surface area (TPSA) is 64.4 Å². The number of rotatable bonds is 4. The zero-order chi connectivity index (χ0) is 16.7. The lowest BCUT2D eigenvalue weighted by molar-refractivity contribution is -0.121. The van der Waals surface area contributed by atoms with Gasteiger partial charge in [-0.1, -0.05) is 0 Å². The number of nitrogens with one attached hydrogen (secondary N) is 1. The van der Waals surface area contributed by atoms with Crippen molar-refractivity contribution in [1.82, 2.24) is 0 Å². The first-order valence-corrected chi connectivity index (χ1v) is 9.14. The molecular formula is C19H26ClFN2O2. The van der Waals surface area contributed by atoms with Gasteiger partial charge in [0, 0.05) is 17.8 Å². The van der Waals surface area contributed by atoms with Crippen LogP contribution in [0.15, 0.2) is 18.2 Å². The van der Waals surface area contributed by atoms with Gasteiger partial charge in [-0.2, -0.15) is 0 Å². The standard InChI is InChI=1S/C19H25FN2O2.ClH/c20-15-10-13(7-8-16(15)24-14-3-1-2-4-14)22-19(23)17-11-5-6-12(9-11)18(17)21;/h7-8,10-12,14,17-18H,1-6,9,21H2,(H,22,23);1H. The molecule has 3 fully saturated rings. The van der Waals surface area contributed by atoms with Crippen LogP contribution in [0.3, 0.4) is 0 Å². The maximum atomic E-state index is 14.3. The predicted molar refractivity (Wildman–Crippen MR) is 97.5 cm³/mol. The summed E-state index contributed by atoms with van der Waals surface area (Å²) in [6, 6.07) is 4.62. The van der Waals surface area contributed by atoms with Crippen LogP contribution < -0.4 is 15.8 Å². The van der Waals surface area contributed by atoms with Crippen molar-refractivity contribution in [2.45, 2.75) is 57.1 Å². The minimum Gasteiger partial charge on any atom is -0.487 e. The van der Waals surface area contributed by atoms with Crippen LogP contribution >= 0.6 is 12.4 Å². The smallest absolute Gasteiger partial charge is 0.229 e. The molecule has 3 saturated carbocycles. The van der Waals surface area contributed by atoms with Gasteiger partial charge in [-0.05, 0) is 68.9 Å². The van der Waals surface area contributed by atoms with Crippen LogP contribution in [-0.2, 0) is 4.79 Å². The van der Waals surface area contributed by atoms with Gasteiger partial charge in [-0.3, -0.25) is 4.79 Å². The fraction of sp³-hybridized carbons (Fsp3) is 0.632. The van der Waals surface area contributed by atoms with Gasteiger partial charge in [0.25, 0.3) is 0 Å². The van der Waals surface area contributed by atoms with Gasteiger partial charge in [-0.15, -0.1) is 12.4 Å². The monoisotopic (exact) mass is 368 g/mol. The Hall–Kier alpha value is -1.33. The lowest BCUT2D eigenvalue weighted by Gasteiger charge is -2.27. The number of nitrogens with two attached hydrogens (primary N) is 1. The Kier molecular flexibility index (Phi) is 5.54. The molecule has 0 saturated heterocycles. The second kappa shape index (κ2) is 7.50. The van der Waals surface area contributed by atoms with E-state index in [4.69, 9.17) is 10.5 Å². The zero-order valence-corrected chi connectivity index (χ0v) is 15.1. The quantitative estimate of drug-likeness (QED) is 0.847. The fourth-order valence-corrected chi connectivity index (χ4v) is 4.81. The summed E-state index contributed by atoms with van der Waals surface area (Å²) in [7, 11) is 0. The third-order valence-corrected chi connectivity index (χ3v) is 6.08. The summed E-state index contributed by atoms with van der Waals surface area (Å²) < 4.78 is 20.0. The van der Waals surface area contributed by atoms with E-state index >= 15 is 0 Å². The number of carbonyl (C=O) groups is 1. The third kappa shape index (κ3) is 3.63. The average molecular weight is 369 g/mol. The normalized spacial score (nSPS) is 31.0. The number of hydrogen-bond donors (Lipinski definition) is 2. The molecule has 0 heterocycles. The molecule has 1 aromatic carbocycles. The molecule has 25 heavy (non-hydrogen) atoms. The van der Waals surface area contributed by atoms with Crippen LogP contribution in [0.5, 0.6) is 5.75 Å². The summed E-state index contributed by atoms with van der Waals surface area (Å²) in [5, 5.41) is 2.85. The van der Waals surface area contributed by atoms with Gasteiger partial charge in [-0.25, -0.2) is 4.39 Å². The van der Waals surface area contributed by atoms with E-state index in [9.17, 15) is 9.18 Å². The Labute approximate surface area is 154 Å². The van der Waals surface area contributed by atoms with Gasteiger partial charge < -0.3 is 15.8 Å². The lowest BCUT2D eigenvalue weighted by atomic mass is 9.84. The molecule has 0 aliphatic heterocycles. The van der Waals surface area contributed by atoms with Crippen LogP contribution in [0.25, 0.3) is 0 Å². The minimum absolute atomic E-state index is 0. The summed E-state index contributed by atoms with van der Waals surface area (Å²) in [6.45, 7) is 0. The molecule has 4 unspecified atom stereocenters. The molecule has 0 spiro atoms. The van der Waals surface area contributed by atoms with E-state index in [1.165, 1.54) is 6.07 Å². The number of hydrogen-bond acceptors (Lipinski definition) is 3. The van der Waals surface area contributed by atoms with Crippen LogP contribution in [-0.4, -0.2) is 18.1 Å². The van der Waals surface area contributed by atoms with Crippen molar-refractivity contribution < 1.29 is 13.9 Å². The maximum Gasteiger partial charge on any atom is 0.229 e. The summed E-state index contributed by atoms with van der Waals surface area (Å²) in [4.78, 5) is 12.5. The second-order valence-electron chi connectivity index (χ2n) is 7.60. The highest BCUT2D eigenvalue weighted by Crippen LogP contribution is 2.48. The van der Waals surface area contributed by atoms with Crippen molar-refractivity contribution in [3.05, 3.63) is 24.0 Å². The highest BCUT2D eigenvalue weighted by atomic mass is 35.5. The number of amides is 1.